The van der Waals surface area contributed by atoms with Crippen molar-refractivity contribution in [2.45, 2.75) is 31.9 Å². The summed E-state index contributed by atoms with van der Waals surface area (Å²) in [6.45, 7) is 0. The molecule has 0 aliphatic rings. The molecule has 19 heavy (non-hydrogen) atoms. The third-order valence-electron chi connectivity index (χ3n) is 2.76. The number of carboxylic acids is 1. The molecular formula is C13H14BrF3O2. The highest BCUT2D eigenvalue weighted by Gasteiger charge is 2.27. The minimum atomic E-state index is -4.22. The summed E-state index contributed by atoms with van der Waals surface area (Å²) in [6, 6.07) is 7.10. The van der Waals surface area contributed by atoms with Crippen LogP contribution in [0.5, 0.6) is 0 Å². The van der Waals surface area contributed by atoms with E-state index in [1.54, 1.807) is 24.3 Å². The SMILES string of the molecule is O=C(O)C(CCCC(F)(F)F)Cc1ccc(Br)cc1. The van der Waals surface area contributed by atoms with Gasteiger partial charge in [-0.25, -0.2) is 0 Å². The van der Waals surface area contributed by atoms with Gasteiger partial charge in [0.15, 0.2) is 0 Å². The molecular weight excluding hydrogens is 325 g/mol. The van der Waals surface area contributed by atoms with Crippen LogP contribution >= 0.6 is 15.9 Å². The first-order valence-corrected chi connectivity index (χ1v) is 6.61. The summed E-state index contributed by atoms with van der Waals surface area (Å²) >= 11 is 3.26. The van der Waals surface area contributed by atoms with Gasteiger partial charge >= 0.3 is 12.1 Å². The maximum atomic E-state index is 12.0. The molecule has 1 unspecified atom stereocenters. The first-order valence-electron chi connectivity index (χ1n) is 5.82. The van der Waals surface area contributed by atoms with Crippen LogP contribution in [0.2, 0.25) is 0 Å². The Morgan fingerprint density at radius 3 is 2.32 bits per heavy atom. The molecule has 0 saturated heterocycles. The van der Waals surface area contributed by atoms with Gasteiger partial charge in [-0.2, -0.15) is 13.2 Å². The minimum absolute atomic E-state index is 0.0326. The highest BCUT2D eigenvalue weighted by molar-refractivity contribution is 9.10. The summed E-state index contributed by atoms with van der Waals surface area (Å²) in [7, 11) is 0. The van der Waals surface area contributed by atoms with Crippen LogP contribution in [0.4, 0.5) is 13.2 Å². The summed E-state index contributed by atoms with van der Waals surface area (Å²) in [5, 5.41) is 9.03. The van der Waals surface area contributed by atoms with E-state index in [0.717, 1.165) is 10.0 Å². The van der Waals surface area contributed by atoms with Gasteiger partial charge in [-0.05, 0) is 37.0 Å². The van der Waals surface area contributed by atoms with Crippen molar-refractivity contribution in [3.8, 4) is 0 Å². The van der Waals surface area contributed by atoms with E-state index in [2.05, 4.69) is 15.9 Å². The highest BCUT2D eigenvalue weighted by Crippen LogP contribution is 2.25. The standard InChI is InChI=1S/C13H14BrF3O2/c14-11-5-3-9(4-6-11)8-10(12(18)19)2-1-7-13(15,16)17/h3-6,10H,1-2,7-8H2,(H,18,19). The second-order valence-electron chi connectivity index (χ2n) is 4.37. The monoisotopic (exact) mass is 338 g/mol. The van der Waals surface area contributed by atoms with Crippen LogP contribution in [0.1, 0.15) is 24.8 Å². The van der Waals surface area contributed by atoms with E-state index in [0.29, 0.717) is 0 Å². The average molecular weight is 339 g/mol. The van der Waals surface area contributed by atoms with E-state index in [9.17, 15) is 18.0 Å². The number of hydrogen-bond donors (Lipinski definition) is 1. The van der Waals surface area contributed by atoms with E-state index in [4.69, 9.17) is 5.11 Å². The molecule has 0 aromatic heterocycles. The number of halogens is 4. The fourth-order valence-electron chi connectivity index (χ4n) is 1.77. The van der Waals surface area contributed by atoms with E-state index in [1.165, 1.54) is 0 Å². The summed E-state index contributed by atoms with van der Waals surface area (Å²) < 4.78 is 37.0. The second kappa shape index (κ2) is 6.93. The molecule has 1 aromatic carbocycles. The van der Waals surface area contributed by atoms with E-state index >= 15 is 0 Å². The van der Waals surface area contributed by atoms with Crippen molar-refractivity contribution in [3.05, 3.63) is 34.3 Å². The van der Waals surface area contributed by atoms with Gasteiger partial charge in [0.25, 0.3) is 0 Å². The molecule has 0 radical (unpaired) electrons. The number of carbonyl (C=O) groups is 1. The molecule has 1 atom stereocenters. The van der Waals surface area contributed by atoms with Crippen LogP contribution in [-0.4, -0.2) is 17.3 Å². The molecule has 6 heteroatoms. The lowest BCUT2D eigenvalue weighted by Crippen LogP contribution is -2.18. The van der Waals surface area contributed by atoms with Gasteiger partial charge in [-0.3, -0.25) is 4.79 Å². The molecule has 2 nitrogen and oxygen atoms in total. The third-order valence-corrected chi connectivity index (χ3v) is 3.29. The Hall–Kier alpha value is -1.04. The minimum Gasteiger partial charge on any atom is -0.481 e. The summed E-state index contributed by atoms with van der Waals surface area (Å²) in [6.07, 6.45) is -5.03. The van der Waals surface area contributed by atoms with Crippen LogP contribution in [-0.2, 0) is 11.2 Å². The fraction of sp³-hybridized carbons (Fsp3) is 0.462. The normalized spacial score (nSPS) is 13.3. The summed E-state index contributed by atoms with van der Waals surface area (Å²) in [5.74, 6) is -1.83. The number of alkyl halides is 3. The summed E-state index contributed by atoms with van der Waals surface area (Å²) in [5.41, 5.74) is 0.808. The zero-order valence-electron chi connectivity index (χ0n) is 10.1. The van der Waals surface area contributed by atoms with E-state index < -0.39 is 24.5 Å². The van der Waals surface area contributed by atoms with Gasteiger partial charge in [0, 0.05) is 10.9 Å². The molecule has 0 amide bonds. The molecule has 0 spiro atoms. The first kappa shape index (κ1) is 16.0. The number of benzene rings is 1. The average Bonchev–Trinajstić information content (AvgIpc) is 2.28. The van der Waals surface area contributed by atoms with Gasteiger partial charge in [-0.15, -0.1) is 0 Å². The molecule has 0 aliphatic carbocycles. The third kappa shape index (κ3) is 6.61. The topological polar surface area (TPSA) is 37.3 Å². The Morgan fingerprint density at radius 1 is 1.26 bits per heavy atom. The molecule has 1 rings (SSSR count). The Morgan fingerprint density at radius 2 is 1.84 bits per heavy atom. The Kier molecular flexibility index (Phi) is 5.85. The fourth-order valence-corrected chi connectivity index (χ4v) is 2.03. The van der Waals surface area contributed by atoms with E-state index in [-0.39, 0.29) is 19.3 Å². The predicted octanol–water partition coefficient (Wildman–Crippen LogP) is 4.43. The quantitative estimate of drug-likeness (QED) is 0.833. The lowest BCUT2D eigenvalue weighted by Gasteiger charge is -2.13. The zero-order chi connectivity index (χ0) is 14.5. The second-order valence-corrected chi connectivity index (χ2v) is 5.29. The van der Waals surface area contributed by atoms with Gasteiger partial charge in [-0.1, -0.05) is 28.1 Å². The van der Waals surface area contributed by atoms with Crippen LogP contribution in [0.25, 0.3) is 0 Å². The van der Waals surface area contributed by atoms with Crippen molar-refractivity contribution in [3.63, 3.8) is 0 Å². The van der Waals surface area contributed by atoms with Crippen LogP contribution in [0, 0.1) is 5.92 Å². The number of hydrogen-bond acceptors (Lipinski definition) is 1. The van der Waals surface area contributed by atoms with Crippen LogP contribution in [0.3, 0.4) is 0 Å². The zero-order valence-corrected chi connectivity index (χ0v) is 11.7. The highest BCUT2D eigenvalue weighted by atomic mass is 79.9. The number of aliphatic carboxylic acids is 1. The van der Waals surface area contributed by atoms with Crippen molar-refractivity contribution in [1.82, 2.24) is 0 Å². The van der Waals surface area contributed by atoms with Crippen LogP contribution in [0.15, 0.2) is 28.7 Å². The lowest BCUT2D eigenvalue weighted by atomic mass is 9.94. The Labute approximate surface area is 117 Å². The summed E-state index contributed by atoms with van der Waals surface area (Å²) in [4.78, 5) is 11.0. The number of carboxylic acid groups (broad SMARTS) is 1. The largest absolute Gasteiger partial charge is 0.481 e. The van der Waals surface area contributed by atoms with Crippen molar-refractivity contribution < 1.29 is 23.1 Å². The number of rotatable bonds is 6. The smallest absolute Gasteiger partial charge is 0.389 e. The molecule has 1 aromatic rings. The Balaban J connectivity index is 2.53. The predicted molar refractivity (Wildman–Crippen MR) is 68.9 cm³/mol. The van der Waals surface area contributed by atoms with Crippen molar-refractivity contribution in [2.24, 2.45) is 5.92 Å². The Bertz CT molecular complexity index is 415. The molecule has 0 saturated carbocycles. The van der Waals surface area contributed by atoms with Crippen LogP contribution < -0.4 is 0 Å². The van der Waals surface area contributed by atoms with Crippen molar-refractivity contribution >= 4 is 21.9 Å². The molecule has 106 valence electrons. The van der Waals surface area contributed by atoms with Crippen molar-refractivity contribution in [1.29, 1.82) is 0 Å². The van der Waals surface area contributed by atoms with Gasteiger partial charge in [0.05, 0.1) is 5.92 Å². The molecule has 0 heterocycles. The van der Waals surface area contributed by atoms with E-state index in [1.807, 2.05) is 0 Å². The molecule has 0 aliphatic heterocycles. The lowest BCUT2D eigenvalue weighted by molar-refractivity contribution is -0.145. The first-order chi connectivity index (χ1) is 8.78. The van der Waals surface area contributed by atoms with Gasteiger partial charge in [0.2, 0.25) is 0 Å². The molecule has 0 fully saturated rings. The van der Waals surface area contributed by atoms with Crippen molar-refractivity contribution in [2.75, 3.05) is 0 Å². The molecule has 0 bridgehead atoms. The van der Waals surface area contributed by atoms with Gasteiger partial charge in [0.1, 0.15) is 0 Å². The molecule has 1 N–H and O–H groups in total. The maximum Gasteiger partial charge on any atom is 0.389 e. The maximum absolute atomic E-state index is 12.0. The van der Waals surface area contributed by atoms with Gasteiger partial charge < -0.3 is 5.11 Å².